The van der Waals surface area contributed by atoms with Gasteiger partial charge in [0.25, 0.3) is 5.91 Å². The lowest BCUT2D eigenvalue weighted by atomic mass is 10.0. The first-order valence-electron chi connectivity index (χ1n) is 9.59. The number of hydrogen-bond donors (Lipinski definition) is 0. The van der Waals surface area contributed by atoms with E-state index >= 15 is 0 Å². The molecule has 1 amide bonds. The van der Waals surface area contributed by atoms with Gasteiger partial charge in [-0.1, -0.05) is 18.2 Å². The minimum atomic E-state index is -0.680. The third kappa shape index (κ3) is 4.08. The van der Waals surface area contributed by atoms with Gasteiger partial charge >= 0.3 is 5.97 Å². The van der Waals surface area contributed by atoms with E-state index in [0.29, 0.717) is 35.6 Å². The summed E-state index contributed by atoms with van der Waals surface area (Å²) in [4.78, 5) is 39.4. The number of ketones is 1. The highest BCUT2D eigenvalue weighted by molar-refractivity contribution is 6.00. The van der Waals surface area contributed by atoms with Crippen LogP contribution in [0.3, 0.4) is 0 Å². The molecule has 0 radical (unpaired) electrons. The van der Waals surface area contributed by atoms with Crippen molar-refractivity contribution in [1.29, 1.82) is 0 Å². The number of carbonyl (C=O) groups is 3. The average Bonchev–Trinajstić information content (AvgIpc) is 3.25. The Hall–Kier alpha value is -3.35. The summed E-state index contributed by atoms with van der Waals surface area (Å²) < 4.78 is 15.8. The summed E-state index contributed by atoms with van der Waals surface area (Å²) in [7, 11) is 0. The molecule has 1 unspecified atom stereocenters. The fourth-order valence-corrected chi connectivity index (χ4v) is 3.55. The van der Waals surface area contributed by atoms with E-state index in [2.05, 4.69) is 0 Å². The Kier molecular flexibility index (Phi) is 5.46. The van der Waals surface area contributed by atoms with Crippen LogP contribution in [0.25, 0.3) is 0 Å². The Bertz CT molecular complexity index is 926. The molecule has 2 aliphatic heterocycles. The summed E-state index contributed by atoms with van der Waals surface area (Å²) in [5.74, 6) is -0.0178. The van der Waals surface area contributed by atoms with Crippen molar-refractivity contribution in [1.82, 2.24) is 4.90 Å². The maximum absolute atomic E-state index is 12.8. The number of ether oxygens (including phenoxy) is 3. The van der Waals surface area contributed by atoms with Gasteiger partial charge in [-0.2, -0.15) is 0 Å². The Morgan fingerprint density at radius 3 is 2.59 bits per heavy atom. The first-order chi connectivity index (χ1) is 14.1. The van der Waals surface area contributed by atoms with Crippen molar-refractivity contribution in [2.24, 2.45) is 0 Å². The minimum absolute atomic E-state index is 0.120. The summed E-state index contributed by atoms with van der Waals surface area (Å²) in [6.07, 6.45) is 2.18. The van der Waals surface area contributed by atoms with Gasteiger partial charge in [-0.15, -0.1) is 0 Å². The smallest absolute Gasteiger partial charge is 0.329 e. The second-order valence-corrected chi connectivity index (χ2v) is 6.98. The lowest BCUT2D eigenvalue weighted by Crippen LogP contribution is -2.48. The fourth-order valence-electron chi connectivity index (χ4n) is 3.55. The van der Waals surface area contributed by atoms with Crippen LogP contribution < -0.4 is 9.47 Å². The molecule has 1 fully saturated rings. The molecule has 4 rings (SSSR count). The van der Waals surface area contributed by atoms with E-state index in [4.69, 9.17) is 14.2 Å². The Balaban J connectivity index is 1.40. The number of piperidine rings is 1. The van der Waals surface area contributed by atoms with Gasteiger partial charge in [0.1, 0.15) is 6.04 Å². The number of carbonyl (C=O) groups excluding carboxylic acids is 3. The first-order valence-corrected chi connectivity index (χ1v) is 9.59. The Morgan fingerprint density at radius 2 is 1.76 bits per heavy atom. The fraction of sp³-hybridized carbons (Fsp3) is 0.318. The van der Waals surface area contributed by atoms with Crippen LogP contribution in [0.2, 0.25) is 0 Å². The van der Waals surface area contributed by atoms with E-state index in [1.165, 1.54) is 0 Å². The van der Waals surface area contributed by atoms with E-state index < -0.39 is 12.0 Å². The lowest BCUT2D eigenvalue weighted by molar-refractivity contribution is -0.149. The zero-order valence-electron chi connectivity index (χ0n) is 15.8. The monoisotopic (exact) mass is 395 g/mol. The summed E-state index contributed by atoms with van der Waals surface area (Å²) in [5.41, 5.74) is 0.909. The molecular formula is C22H21NO6. The lowest BCUT2D eigenvalue weighted by Gasteiger charge is -2.34. The third-order valence-corrected chi connectivity index (χ3v) is 5.10. The van der Waals surface area contributed by atoms with E-state index in [1.54, 1.807) is 47.4 Å². The zero-order chi connectivity index (χ0) is 20.2. The van der Waals surface area contributed by atoms with E-state index in [1.807, 2.05) is 6.07 Å². The van der Waals surface area contributed by atoms with Gasteiger partial charge in [0.05, 0.1) is 0 Å². The van der Waals surface area contributed by atoms with Gasteiger partial charge in [-0.3, -0.25) is 9.59 Å². The molecule has 1 saturated heterocycles. The van der Waals surface area contributed by atoms with Gasteiger partial charge in [0.2, 0.25) is 6.79 Å². The molecule has 7 heteroatoms. The summed E-state index contributed by atoms with van der Waals surface area (Å²) in [6, 6.07) is 13.0. The van der Waals surface area contributed by atoms with Crippen LogP contribution in [-0.4, -0.2) is 48.5 Å². The summed E-state index contributed by atoms with van der Waals surface area (Å²) in [5, 5.41) is 0. The van der Waals surface area contributed by atoms with Crippen LogP contribution in [0.1, 0.15) is 40.0 Å². The molecule has 2 aromatic rings. The topological polar surface area (TPSA) is 82.1 Å². The number of likely N-dealkylation sites (tertiary alicyclic amines) is 1. The molecule has 2 aliphatic rings. The van der Waals surface area contributed by atoms with Crippen molar-refractivity contribution in [3.05, 3.63) is 59.7 Å². The molecule has 0 bridgehead atoms. The van der Waals surface area contributed by atoms with Gasteiger partial charge < -0.3 is 19.1 Å². The van der Waals surface area contributed by atoms with Gasteiger partial charge in [0.15, 0.2) is 23.9 Å². The van der Waals surface area contributed by atoms with Crippen molar-refractivity contribution in [3.8, 4) is 11.5 Å². The Morgan fingerprint density at radius 1 is 0.966 bits per heavy atom. The van der Waals surface area contributed by atoms with Crippen molar-refractivity contribution >= 4 is 17.7 Å². The first kappa shape index (κ1) is 19.0. The molecule has 2 heterocycles. The van der Waals surface area contributed by atoms with Crippen molar-refractivity contribution < 1.29 is 28.6 Å². The van der Waals surface area contributed by atoms with Gasteiger partial charge in [-0.05, 0) is 49.6 Å². The second-order valence-electron chi connectivity index (χ2n) is 6.98. The van der Waals surface area contributed by atoms with Gasteiger partial charge in [0, 0.05) is 17.7 Å². The number of benzene rings is 2. The normalized spacial score (nSPS) is 17.7. The van der Waals surface area contributed by atoms with Crippen molar-refractivity contribution in [3.63, 3.8) is 0 Å². The molecule has 1 atom stereocenters. The van der Waals surface area contributed by atoms with E-state index in [-0.39, 0.29) is 25.1 Å². The molecule has 0 aliphatic carbocycles. The molecule has 150 valence electrons. The van der Waals surface area contributed by atoms with Crippen LogP contribution in [-0.2, 0) is 9.53 Å². The van der Waals surface area contributed by atoms with Gasteiger partial charge in [-0.25, -0.2) is 4.79 Å². The zero-order valence-corrected chi connectivity index (χ0v) is 15.8. The van der Waals surface area contributed by atoms with Crippen LogP contribution >= 0.6 is 0 Å². The minimum Gasteiger partial charge on any atom is -0.456 e. The largest absolute Gasteiger partial charge is 0.456 e. The number of rotatable bonds is 5. The van der Waals surface area contributed by atoms with E-state index in [0.717, 1.165) is 12.8 Å². The summed E-state index contributed by atoms with van der Waals surface area (Å²) in [6.45, 7) is 0.223. The van der Waals surface area contributed by atoms with Crippen molar-refractivity contribution in [2.45, 2.75) is 25.3 Å². The molecule has 29 heavy (non-hydrogen) atoms. The molecule has 0 aromatic heterocycles. The average molecular weight is 395 g/mol. The highest BCUT2D eigenvalue weighted by atomic mass is 16.7. The number of Topliss-reactive ketones (excluding diaryl/α,β-unsaturated/α-hetero) is 1. The number of fused-ring (bicyclic) bond motifs is 1. The van der Waals surface area contributed by atoms with Crippen LogP contribution in [0.15, 0.2) is 48.5 Å². The predicted octanol–water partition coefficient (Wildman–Crippen LogP) is 2.84. The van der Waals surface area contributed by atoms with E-state index in [9.17, 15) is 14.4 Å². The quantitative estimate of drug-likeness (QED) is 0.572. The molecular weight excluding hydrogens is 374 g/mol. The predicted molar refractivity (Wildman–Crippen MR) is 103 cm³/mol. The maximum Gasteiger partial charge on any atom is 0.329 e. The van der Waals surface area contributed by atoms with Crippen LogP contribution in [0, 0.1) is 0 Å². The number of amides is 1. The SMILES string of the molecule is O=C(COC(=O)C1CCCCN1C(=O)c1ccccc1)c1ccc2c(c1)OCO2. The molecule has 7 nitrogen and oxygen atoms in total. The molecule has 2 aromatic carbocycles. The number of nitrogens with zero attached hydrogens (tertiary/aromatic N) is 1. The Labute approximate surface area is 168 Å². The highest BCUT2D eigenvalue weighted by Crippen LogP contribution is 2.32. The highest BCUT2D eigenvalue weighted by Gasteiger charge is 2.34. The standard InChI is InChI=1S/C22H21NO6/c24-18(16-9-10-19-20(12-16)29-14-28-19)13-27-22(26)17-8-4-5-11-23(17)21(25)15-6-2-1-3-7-15/h1-3,6-7,9-10,12,17H,4-5,8,11,13-14H2. The summed E-state index contributed by atoms with van der Waals surface area (Å²) >= 11 is 0. The number of esters is 1. The third-order valence-electron chi connectivity index (χ3n) is 5.10. The number of hydrogen-bond acceptors (Lipinski definition) is 6. The van der Waals surface area contributed by atoms with Crippen LogP contribution in [0.5, 0.6) is 11.5 Å². The maximum atomic E-state index is 12.8. The second kappa shape index (κ2) is 8.34. The molecule has 0 saturated carbocycles. The van der Waals surface area contributed by atoms with Crippen LogP contribution in [0.4, 0.5) is 0 Å². The van der Waals surface area contributed by atoms with Crippen molar-refractivity contribution in [2.75, 3.05) is 19.9 Å². The molecule has 0 spiro atoms. The molecule has 0 N–H and O–H groups in total.